The average Bonchev–Trinajstić information content (AvgIpc) is 3.41. The van der Waals surface area contributed by atoms with Gasteiger partial charge in [-0.1, -0.05) is 73.5 Å². The van der Waals surface area contributed by atoms with Crippen molar-refractivity contribution in [3.8, 4) is 0 Å². The van der Waals surface area contributed by atoms with Crippen LogP contribution in [0.1, 0.15) is 55.7 Å². The maximum atomic E-state index is 13.8. The summed E-state index contributed by atoms with van der Waals surface area (Å²) in [7, 11) is 1.90. The number of likely N-dealkylation sites (N-methyl/N-ethyl adjacent to an activating group) is 1. The zero-order valence-corrected chi connectivity index (χ0v) is 20.7. The highest BCUT2D eigenvalue weighted by Crippen LogP contribution is 2.30. The largest absolute Gasteiger partial charge is 0.445 e. The number of hydrogen-bond donors (Lipinski definition) is 1. The first kappa shape index (κ1) is 26.0. The monoisotopic (exact) mass is 485 g/mol. The molecule has 7 heteroatoms. The molecule has 2 amide bonds. The third-order valence-corrected chi connectivity index (χ3v) is 7.00. The number of carbonyl (C=O) groups excluding carboxylic acids is 2. The van der Waals surface area contributed by atoms with Crippen LogP contribution in [0.15, 0.2) is 60.7 Å². The Morgan fingerprint density at radius 2 is 1.59 bits per heavy atom. The number of amides is 2. The van der Waals surface area contributed by atoms with Gasteiger partial charge in [-0.15, -0.1) is 12.4 Å². The van der Waals surface area contributed by atoms with Crippen LogP contribution in [-0.2, 0) is 16.1 Å². The van der Waals surface area contributed by atoms with E-state index in [0.717, 1.165) is 43.5 Å². The van der Waals surface area contributed by atoms with Gasteiger partial charge in [0.05, 0.1) is 0 Å². The summed E-state index contributed by atoms with van der Waals surface area (Å²) in [4.78, 5) is 30.9. The van der Waals surface area contributed by atoms with Crippen molar-refractivity contribution in [2.75, 3.05) is 20.1 Å². The molecule has 2 aromatic carbocycles. The zero-order valence-electron chi connectivity index (χ0n) is 19.9. The minimum atomic E-state index is -0.777. The SMILES string of the molecule is CN(C(=O)[C@@H](NC(=O)OCc1ccccc1)c1ccccc1)C1CCCCC1N1CCCC1.Cl. The van der Waals surface area contributed by atoms with Gasteiger partial charge in [0, 0.05) is 19.1 Å². The highest BCUT2D eigenvalue weighted by molar-refractivity contribution is 5.87. The molecule has 0 bridgehead atoms. The van der Waals surface area contributed by atoms with Crippen LogP contribution in [0, 0.1) is 0 Å². The second-order valence-electron chi connectivity index (χ2n) is 9.16. The van der Waals surface area contributed by atoms with Crippen LogP contribution in [0.3, 0.4) is 0 Å². The molecule has 3 atom stereocenters. The van der Waals surface area contributed by atoms with Gasteiger partial charge in [-0.05, 0) is 49.9 Å². The van der Waals surface area contributed by atoms with Gasteiger partial charge in [-0.3, -0.25) is 9.69 Å². The quantitative estimate of drug-likeness (QED) is 0.603. The summed E-state index contributed by atoms with van der Waals surface area (Å²) in [6.07, 6.45) is 6.37. The van der Waals surface area contributed by atoms with Gasteiger partial charge < -0.3 is 15.0 Å². The Bertz CT molecular complexity index is 906. The van der Waals surface area contributed by atoms with Crippen molar-refractivity contribution in [2.24, 2.45) is 0 Å². The molecular weight excluding hydrogens is 450 g/mol. The van der Waals surface area contributed by atoms with Gasteiger partial charge in [-0.2, -0.15) is 0 Å². The summed E-state index contributed by atoms with van der Waals surface area (Å²) >= 11 is 0. The Morgan fingerprint density at radius 3 is 2.26 bits per heavy atom. The zero-order chi connectivity index (χ0) is 23.0. The molecule has 2 fully saturated rings. The second-order valence-corrected chi connectivity index (χ2v) is 9.16. The number of likely N-dealkylation sites (tertiary alicyclic amines) is 1. The minimum absolute atomic E-state index is 0. The summed E-state index contributed by atoms with van der Waals surface area (Å²) < 4.78 is 5.43. The van der Waals surface area contributed by atoms with E-state index >= 15 is 0 Å². The van der Waals surface area contributed by atoms with Gasteiger partial charge in [-0.25, -0.2) is 4.79 Å². The Labute approximate surface area is 209 Å². The fourth-order valence-corrected chi connectivity index (χ4v) is 5.23. The molecule has 184 valence electrons. The summed E-state index contributed by atoms with van der Waals surface area (Å²) in [5.74, 6) is -0.0889. The van der Waals surface area contributed by atoms with Gasteiger partial charge >= 0.3 is 6.09 Å². The molecule has 2 aromatic rings. The van der Waals surface area contributed by atoms with E-state index in [2.05, 4.69) is 10.2 Å². The highest BCUT2D eigenvalue weighted by atomic mass is 35.5. The third-order valence-electron chi connectivity index (χ3n) is 7.00. The van der Waals surface area contributed by atoms with Crippen molar-refractivity contribution < 1.29 is 14.3 Å². The lowest BCUT2D eigenvalue weighted by atomic mass is 9.87. The molecule has 0 spiro atoms. The Balaban J connectivity index is 0.00000324. The van der Waals surface area contributed by atoms with E-state index in [4.69, 9.17) is 4.74 Å². The van der Waals surface area contributed by atoms with Crippen LogP contribution in [0.5, 0.6) is 0 Å². The number of hydrogen-bond acceptors (Lipinski definition) is 4. The minimum Gasteiger partial charge on any atom is -0.445 e. The molecule has 1 aliphatic carbocycles. The second kappa shape index (κ2) is 12.8. The first-order valence-corrected chi connectivity index (χ1v) is 12.2. The van der Waals surface area contributed by atoms with E-state index in [1.165, 1.54) is 19.3 Å². The molecule has 2 aliphatic rings. The van der Waals surface area contributed by atoms with E-state index in [0.29, 0.717) is 6.04 Å². The molecule has 2 unspecified atom stereocenters. The van der Waals surface area contributed by atoms with Crippen molar-refractivity contribution in [1.82, 2.24) is 15.1 Å². The lowest BCUT2D eigenvalue weighted by molar-refractivity contribution is -0.136. The molecule has 6 nitrogen and oxygen atoms in total. The molecule has 0 aromatic heterocycles. The van der Waals surface area contributed by atoms with Gasteiger partial charge in [0.15, 0.2) is 0 Å². The molecule has 0 radical (unpaired) electrons. The number of nitrogens with one attached hydrogen (secondary N) is 1. The van der Waals surface area contributed by atoms with E-state index in [1.807, 2.05) is 72.6 Å². The molecule has 34 heavy (non-hydrogen) atoms. The van der Waals surface area contributed by atoms with E-state index < -0.39 is 12.1 Å². The van der Waals surface area contributed by atoms with Gasteiger partial charge in [0.25, 0.3) is 0 Å². The van der Waals surface area contributed by atoms with Crippen LogP contribution in [0.4, 0.5) is 4.79 Å². The molecule has 1 saturated carbocycles. The summed E-state index contributed by atoms with van der Waals surface area (Å²) in [5, 5.41) is 2.84. The lowest BCUT2D eigenvalue weighted by Gasteiger charge is -2.43. The number of benzene rings is 2. The number of alkyl carbamates (subject to hydrolysis) is 1. The van der Waals surface area contributed by atoms with Crippen LogP contribution >= 0.6 is 12.4 Å². The number of carbonyl (C=O) groups is 2. The van der Waals surface area contributed by atoms with Crippen molar-refractivity contribution in [1.29, 1.82) is 0 Å². The number of ether oxygens (including phenoxy) is 1. The molecule has 1 N–H and O–H groups in total. The Morgan fingerprint density at radius 1 is 0.971 bits per heavy atom. The normalized spacial score (nSPS) is 21.2. The van der Waals surface area contributed by atoms with Crippen molar-refractivity contribution in [3.63, 3.8) is 0 Å². The summed E-state index contributed by atoms with van der Waals surface area (Å²) in [6, 6.07) is 18.8. The molecule has 1 saturated heterocycles. The predicted octanol–water partition coefficient (Wildman–Crippen LogP) is 4.94. The fourth-order valence-electron chi connectivity index (χ4n) is 5.23. The van der Waals surface area contributed by atoms with E-state index in [1.54, 1.807) is 0 Å². The van der Waals surface area contributed by atoms with Gasteiger partial charge in [0.1, 0.15) is 12.6 Å². The Kier molecular flexibility index (Phi) is 9.78. The maximum absolute atomic E-state index is 13.8. The van der Waals surface area contributed by atoms with Crippen LogP contribution in [0.2, 0.25) is 0 Å². The lowest BCUT2D eigenvalue weighted by Crippen LogP contribution is -2.55. The number of halogens is 1. The molecule has 4 rings (SSSR count). The van der Waals surface area contributed by atoms with E-state index in [9.17, 15) is 9.59 Å². The van der Waals surface area contributed by atoms with Crippen molar-refractivity contribution in [3.05, 3.63) is 71.8 Å². The topological polar surface area (TPSA) is 61.9 Å². The molecule has 1 heterocycles. The van der Waals surface area contributed by atoms with Crippen LogP contribution < -0.4 is 5.32 Å². The highest BCUT2D eigenvalue weighted by Gasteiger charge is 2.38. The average molecular weight is 486 g/mol. The fraction of sp³-hybridized carbons (Fsp3) is 0.481. The predicted molar refractivity (Wildman–Crippen MR) is 136 cm³/mol. The van der Waals surface area contributed by atoms with E-state index in [-0.39, 0.29) is 31.0 Å². The standard InChI is InChI=1S/C27H35N3O3.ClH/c1-29(23-16-8-9-17-24(23)30-18-10-11-19-30)26(31)25(22-14-6-3-7-15-22)28-27(32)33-20-21-12-4-2-5-13-21;/h2-7,12-15,23-25H,8-11,16-20H2,1H3,(H,28,32);1H/t23?,24?,25-;/m0./s1. The van der Waals surface area contributed by atoms with Gasteiger partial charge in [0.2, 0.25) is 5.91 Å². The van der Waals surface area contributed by atoms with Crippen molar-refractivity contribution in [2.45, 2.75) is 63.3 Å². The third kappa shape index (κ3) is 6.51. The first-order valence-electron chi connectivity index (χ1n) is 12.2. The first-order chi connectivity index (χ1) is 16.1. The smallest absolute Gasteiger partial charge is 0.408 e. The number of nitrogens with zero attached hydrogens (tertiary/aromatic N) is 2. The van der Waals surface area contributed by atoms with Crippen LogP contribution in [-0.4, -0.2) is 54.0 Å². The maximum Gasteiger partial charge on any atom is 0.408 e. The van der Waals surface area contributed by atoms with Crippen molar-refractivity contribution >= 4 is 24.4 Å². The summed E-state index contributed by atoms with van der Waals surface area (Å²) in [6.45, 7) is 2.41. The number of rotatable bonds is 7. The summed E-state index contributed by atoms with van der Waals surface area (Å²) in [5.41, 5.74) is 1.67. The molecular formula is C27H36ClN3O3. The Hall–Kier alpha value is -2.57. The van der Waals surface area contributed by atoms with Crippen LogP contribution in [0.25, 0.3) is 0 Å². The molecule has 1 aliphatic heterocycles.